The summed E-state index contributed by atoms with van der Waals surface area (Å²) >= 11 is 0. The van der Waals surface area contributed by atoms with Crippen LogP contribution < -0.4 is 11.1 Å². The Bertz CT molecular complexity index is 548. The highest BCUT2D eigenvalue weighted by atomic mass is 35.5. The van der Waals surface area contributed by atoms with Crippen molar-refractivity contribution in [1.82, 2.24) is 10.2 Å². The molecule has 6 heteroatoms. The molecule has 2 rings (SSSR count). The first-order valence-electron chi connectivity index (χ1n) is 8.31. The largest absolute Gasteiger partial charge is 0.354 e. The van der Waals surface area contributed by atoms with Crippen molar-refractivity contribution < 1.29 is 9.59 Å². The van der Waals surface area contributed by atoms with E-state index in [2.05, 4.69) is 5.32 Å². The van der Waals surface area contributed by atoms with E-state index in [-0.39, 0.29) is 30.1 Å². The third-order valence-corrected chi connectivity index (χ3v) is 4.35. The van der Waals surface area contributed by atoms with Crippen molar-refractivity contribution in [3.05, 3.63) is 35.9 Å². The Morgan fingerprint density at radius 2 is 2.04 bits per heavy atom. The number of rotatable bonds is 7. The lowest BCUT2D eigenvalue weighted by atomic mass is 9.96. The maximum atomic E-state index is 12.1. The summed E-state index contributed by atoms with van der Waals surface area (Å²) in [6, 6.07) is 9.96. The normalized spacial score (nSPS) is 19.5. The van der Waals surface area contributed by atoms with Gasteiger partial charge in [-0.25, -0.2) is 0 Å². The van der Waals surface area contributed by atoms with Crippen LogP contribution in [-0.2, 0) is 16.1 Å². The maximum Gasteiger partial charge on any atom is 0.239 e. The Hall–Kier alpha value is -1.59. The van der Waals surface area contributed by atoms with Crippen molar-refractivity contribution in [1.29, 1.82) is 0 Å². The summed E-state index contributed by atoms with van der Waals surface area (Å²) in [4.78, 5) is 26.1. The number of carbonyl (C=O) groups is 2. The molecule has 2 amide bonds. The molecule has 1 fully saturated rings. The van der Waals surface area contributed by atoms with Gasteiger partial charge in [-0.15, -0.1) is 12.4 Å². The van der Waals surface area contributed by atoms with Gasteiger partial charge in [-0.1, -0.05) is 43.7 Å². The van der Waals surface area contributed by atoms with E-state index in [0.717, 1.165) is 12.0 Å². The van der Waals surface area contributed by atoms with E-state index in [9.17, 15) is 9.59 Å². The van der Waals surface area contributed by atoms with Crippen LogP contribution in [0.2, 0.25) is 0 Å². The van der Waals surface area contributed by atoms with Crippen molar-refractivity contribution in [2.24, 2.45) is 11.7 Å². The predicted octanol–water partition coefficient (Wildman–Crippen LogP) is 2.09. The topological polar surface area (TPSA) is 75.4 Å². The standard InChI is InChI=1S/C18H27N3O2.ClH/c1-3-9-18(2,19)17(23)20-11-15-10-16(22)21(13-15)12-14-7-5-4-6-8-14;/h4-8,15H,3,9-13,19H2,1-2H3,(H,20,23);1H. The van der Waals surface area contributed by atoms with Crippen molar-refractivity contribution in [3.8, 4) is 0 Å². The second kappa shape index (κ2) is 9.04. The predicted molar refractivity (Wildman–Crippen MR) is 97.7 cm³/mol. The third kappa shape index (κ3) is 5.49. The van der Waals surface area contributed by atoms with Gasteiger partial charge >= 0.3 is 0 Å². The molecule has 0 bridgehead atoms. The van der Waals surface area contributed by atoms with Crippen LogP contribution in [0, 0.1) is 5.92 Å². The van der Waals surface area contributed by atoms with Crippen LogP contribution >= 0.6 is 12.4 Å². The van der Waals surface area contributed by atoms with E-state index in [1.807, 2.05) is 42.2 Å². The van der Waals surface area contributed by atoms with Crippen molar-refractivity contribution >= 4 is 24.2 Å². The van der Waals surface area contributed by atoms with E-state index in [4.69, 9.17) is 5.73 Å². The molecule has 24 heavy (non-hydrogen) atoms. The molecule has 1 aromatic carbocycles. The monoisotopic (exact) mass is 353 g/mol. The van der Waals surface area contributed by atoms with Gasteiger partial charge in [0.1, 0.15) is 0 Å². The number of nitrogens with two attached hydrogens (primary N) is 1. The number of nitrogens with zero attached hydrogens (tertiary/aromatic N) is 1. The van der Waals surface area contributed by atoms with Gasteiger partial charge in [0.25, 0.3) is 0 Å². The first kappa shape index (κ1) is 20.5. The number of amides is 2. The van der Waals surface area contributed by atoms with Gasteiger partial charge in [0.2, 0.25) is 11.8 Å². The molecule has 3 N–H and O–H groups in total. The number of likely N-dealkylation sites (tertiary alicyclic amines) is 1. The Labute approximate surface area is 150 Å². The molecular weight excluding hydrogens is 326 g/mol. The van der Waals surface area contributed by atoms with Crippen LogP contribution in [0.4, 0.5) is 0 Å². The fourth-order valence-corrected chi connectivity index (χ4v) is 3.02. The second-order valence-electron chi connectivity index (χ2n) is 6.71. The number of hydrogen-bond donors (Lipinski definition) is 2. The van der Waals surface area contributed by atoms with Gasteiger partial charge in [0.05, 0.1) is 5.54 Å². The average Bonchev–Trinajstić information content (AvgIpc) is 2.86. The second-order valence-corrected chi connectivity index (χ2v) is 6.71. The summed E-state index contributed by atoms with van der Waals surface area (Å²) in [6.07, 6.45) is 2.01. The fourth-order valence-electron chi connectivity index (χ4n) is 3.02. The van der Waals surface area contributed by atoms with Crippen LogP contribution in [0.15, 0.2) is 30.3 Å². The minimum absolute atomic E-state index is 0. The van der Waals surface area contributed by atoms with E-state index in [1.165, 1.54) is 0 Å². The van der Waals surface area contributed by atoms with Gasteiger partial charge in [-0.05, 0) is 18.9 Å². The van der Waals surface area contributed by atoms with Crippen LogP contribution in [0.3, 0.4) is 0 Å². The molecule has 1 heterocycles. The van der Waals surface area contributed by atoms with Crippen LogP contribution in [0.25, 0.3) is 0 Å². The molecule has 2 unspecified atom stereocenters. The van der Waals surface area contributed by atoms with E-state index >= 15 is 0 Å². The molecule has 0 aliphatic carbocycles. The lowest BCUT2D eigenvalue weighted by Gasteiger charge is -2.24. The van der Waals surface area contributed by atoms with Crippen molar-refractivity contribution in [2.45, 2.75) is 45.2 Å². The smallest absolute Gasteiger partial charge is 0.239 e. The average molecular weight is 354 g/mol. The van der Waals surface area contributed by atoms with E-state index in [0.29, 0.717) is 32.5 Å². The number of nitrogens with one attached hydrogen (secondary N) is 1. The Morgan fingerprint density at radius 1 is 1.38 bits per heavy atom. The highest BCUT2D eigenvalue weighted by Crippen LogP contribution is 2.20. The molecule has 1 aromatic rings. The molecule has 134 valence electrons. The quantitative estimate of drug-likeness (QED) is 0.788. The van der Waals surface area contributed by atoms with Gasteiger partial charge in [-0.3, -0.25) is 9.59 Å². The summed E-state index contributed by atoms with van der Waals surface area (Å²) < 4.78 is 0. The highest BCUT2D eigenvalue weighted by molar-refractivity contribution is 5.86. The Balaban J connectivity index is 0.00000288. The van der Waals surface area contributed by atoms with Crippen LogP contribution in [0.1, 0.15) is 38.7 Å². The molecule has 0 saturated carbocycles. The Morgan fingerprint density at radius 3 is 2.67 bits per heavy atom. The fraction of sp³-hybridized carbons (Fsp3) is 0.556. The highest BCUT2D eigenvalue weighted by Gasteiger charge is 2.32. The summed E-state index contributed by atoms with van der Waals surface area (Å²) in [6.45, 7) is 5.59. The molecule has 0 aromatic heterocycles. The Kier molecular flexibility index (Phi) is 7.70. The van der Waals surface area contributed by atoms with Crippen molar-refractivity contribution in [3.63, 3.8) is 0 Å². The minimum Gasteiger partial charge on any atom is -0.354 e. The minimum atomic E-state index is -0.832. The van der Waals surface area contributed by atoms with Gasteiger partial charge in [0, 0.05) is 32.0 Å². The third-order valence-electron chi connectivity index (χ3n) is 4.35. The molecule has 2 atom stereocenters. The maximum absolute atomic E-state index is 12.1. The number of hydrogen-bond acceptors (Lipinski definition) is 3. The van der Waals surface area contributed by atoms with Crippen LogP contribution in [0.5, 0.6) is 0 Å². The number of benzene rings is 1. The molecule has 0 spiro atoms. The molecule has 0 radical (unpaired) electrons. The summed E-state index contributed by atoms with van der Waals surface area (Å²) in [7, 11) is 0. The van der Waals surface area contributed by atoms with E-state index < -0.39 is 5.54 Å². The van der Waals surface area contributed by atoms with Gasteiger partial charge < -0.3 is 16.0 Å². The molecular formula is C18H28ClN3O2. The van der Waals surface area contributed by atoms with E-state index in [1.54, 1.807) is 6.92 Å². The first-order chi connectivity index (χ1) is 10.9. The SMILES string of the molecule is CCCC(C)(N)C(=O)NCC1CC(=O)N(Cc2ccccc2)C1.Cl. The summed E-state index contributed by atoms with van der Waals surface area (Å²) in [5.41, 5.74) is 6.32. The molecule has 1 aliphatic heterocycles. The number of halogens is 1. The van der Waals surface area contributed by atoms with Crippen molar-refractivity contribution in [2.75, 3.05) is 13.1 Å². The lowest BCUT2D eigenvalue weighted by Crippen LogP contribution is -2.52. The first-order valence-corrected chi connectivity index (χ1v) is 8.31. The summed E-state index contributed by atoms with van der Waals surface area (Å²) in [5, 5.41) is 2.91. The number of carbonyl (C=O) groups excluding carboxylic acids is 2. The lowest BCUT2D eigenvalue weighted by molar-refractivity contribution is -0.128. The summed E-state index contributed by atoms with van der Waals surface area (Å²) in [5.74, 6) is 0.179. The van der Waals surface area contributed by atoms with Gasteiger partial charge in [-0.2, -0.15) is 0 Å². The zero-order chi connectivity index (χ0) is 16.9. The zero-order valence-electron chi connectivity index (χ0n) is 14.5. The molecule has 1 saturated heterocycles. The molecule has 1 aliphatic rings. The van der Waals surface area contributed by atoms with Gasteiger partial charge in [0.15, 0.2) is 0 Å². The van der Waals surface area contributed by atoms with Crippen LogP contribution in [-0.4, -0.2) is 35.3 Å². The molecule has 5 nitrogen and oxygen atoms in total. The zero-order valence-corrected chi connectivity index (χ0v) is 15.3.